The van der Waals surface area contributed by atoms with Crippen LogP contribution in [-0.4, -0.2) is 3.92 Å². The van der Waals surface area contributed by atoms with Crippen LogP contribution in [0.5, 0.6) is 0 Å². The van der Waals surface area contributed by atoms with Crippen LogP contribution in [0.3, 0.4) is 0 Å². The average Bonchev–Trinajstić information content (AvgIpc) is 2.67. The molecule has 4 fully saturated rings. The predicted octanol–water partition coefficient (Wildman–Crippen LogP) is 7.56. The minimum Gasteiger partial charge on any atom is -0.0847 e. The second kappa shape index (κ2) is 7.47. The monoisotopic (exact) mass is 452 g/mol. The summed E-state index contributed by atoms with van der Waals surface area (Å²) in [6, 6.07) is 0. The Morgan fingerprint density at radius 3 is 2.40 bits per heavy atom. The van der Waals surface area contributed by atoms with Crippen molar-refractivity contribution in [2.75, 3.05) is 0 Å². The van der Waals surface area contributed by atoms with E-state index in [2.05, 4.69) is 28.7 Å². The Morgan fingerprint density at radius 1 is 0.680 bits per heavy atom. The molecule has 0 aromatic carbocycles. The third kappa shape index (κ3) is 3.49. The van der Waals surface area contributed by atoms with Gasteiger partial charge in [-0.25, -0.2) is 0 Å². The quantitative estimate of drug-likeness (QED) is 0.219. The van der Waals surface area contributed by atoms with E-state index in [0.29, 0.717) is 0 Å². The third-order valence-electron chi connectivity index (χ3n) is 9.26. The van der Waals surface area contributed by atoms with E-state index in [1.807, 2.05) is 5.57 Å². The Balaban J connectivity index is 1.25. The van der Waals surface area contributed by atoms with Gasteiger partial charge in [0.2, 0.25) is 0 Å². The highest BCUT2D eigenvalue weighted by Gasteiger charge is 2.43. The van der Waals surface area contributed by atoms with Gasteiger partial charge in [-0.2, -0.15) is 0 Å². The van der Waals surface area contributed by atoms with Crippen molar-refractivity contribution in [3.05, 3.63) is 11.6 Å². The fourth-order valence-electron chi connectivity index (χ4n) is 7.95. The summed E-state index contributed by atoms with van der Waals surface area (Å²) in [5, 5.41) is 0. The van der Waals surface area contributed by atoms with Crippen LogP contribution in [0.25, 0.3) is 0 Å². The molecule has 0 radical (unpaired) electrons. The maximum atomic E-state index is 2.78. The molecule has 5 aliphatic rings. The second-order valence-electron chi connectivity index (χ2n) is 10.4. The van der Waals surface area contributed by atoms with Crippen molar-refractivity contribution >= 4 is 22.6 Å². The van der Waals surface area contributed by atoms with Gasteiger partial charge in [0.05, 0.1) is 0 Å². The van der Waals surface area contributed by atoms with Crippen LogP contribution in [0.15, 0.2) is 11.6 Å². The number of rotatable bonds is 1. The fourth-order valence-corrected chi connectivity index (χ4v) is 8.96. The lowest BCUT2D eigenvalue weighted by Gasteiger charge is -2.49. The topological polar surface area (TPSA) is 0 Å². The summed E-state index contributed by atoms with van der Waals surface area (Å²) >= 11 is 2.72. The molecule has 0 aromatic heterocycles. The first kappa shape index (κ1) is 17.6. The molecule has 4 saturated carbocycles. The highest BCUT2D eigenvalue weighted by Crippen LogP contribution is 2.54. The van der Waals surface area contributed by atoms with Crippen LogP contribution < -0.4 is 0 Å². The lowest BCUT2D eigenvalue weighted by molar-refractivity contribution is 0.0473. The Bertz CT molecular complexity index is 508. The highest BCUT2D eigenvalue weighted by atomic mass is 127. The molecule has 140 valence electrons. The van der Waals surface area contributed by atoms with Crippen LogP contribution in [0, 0.1) is 41.4 Å². The molecule has 25 heavy (non-hydrogen) atoms. The van der Waals surface area contributed by atoms with E-state index in [4.69, 9.17) is 0 Å². The second-order valence-corrected chi connectivity index (χ2v) is 12.1. The Hall–Kier alpha value is 0.470. The van der Waals surface area contributed by atoms with Crippen molar-refractivity contribution in [2.24, 2.45) is 41.4 Å². The van der Waals surface area contributed by atoms with Crippen molar-refractivity contribution in [1.29, 1.82) is 0 Å². The summed E-state index contributed by atoms with van der Waals surface area (Å²) < 4.78 is 0.982. The molecule has 1 heteroatoms. The van der Waals surface area contributed by atoms with Gasteiger partial charge in [0.15, 0.2) is 0 Å². The van der Waals surface area contributed by atoms with Gasteiger partial charge >= 0.3 is 0 Å². The van der Waals surface area contributed by atoms with Crippen LogP contribution in [0.4, 0.5) is 0 Å². The summed E-state index contributed by atoms with van der Waals surface area (Å²) in [6.07, 6.45) is 24.3. The number of fused-ring (bicyclic) bond motifs is 4. The van der Waals surface area contributed by atoms with Gasteiger partial charge < -0.3 is 0 Å². The largest absolute Gasteiger partial charge is 0.0847 e. The predicted molar refractivity (Wildman–Crippen MR) is 115 cm³/mol. The third-order valence-corrected chi connectivity index (χ3v) is 10.4. The maximum absolute atomic E-state index is 2.78. The molecule has 0 heterocycles. The first-order valence-corrected chi connectivity index (χ1v) is 12.9. The van der Waals surface area contributed by atoms with E-state index in [1.165, 1.54) is 51.4 Å². The zero-order valence-corrected chi connectivity index (χ0v) is 18.1. The first-order chi connectivity index (χ1) is 12.3. The van der Waals surface area contributed by atoms with Crippen molar-refractivity contribution in [2.45, 2.75) is 93.8 Å². The van der Waals surface area contributed by atoms with E-state index in [1.54, 1.807) is 38.5 Å². The zero-order valence-electron chi connectivity index (χ0n) is 16.0. The SMILES string of the molecule is IC1CCC2CC(C3=CCC4C(CCC5CCCCC54)C3)CCC2C1. The van der Waals surface area contributed by atoms with Gasteiger partial charge in [-0.05, 0) is 112 Å². The Kier molecular flexibility index (Phi) is 5.25. The van der Waals surface area contributed by atoms with E-state index in [-0.39, 0.29) is 0 Å². The minimum absolute atomic E-state index is 0.982. The van der Waals surface area contributed by atoms with Gasteiger partial charge in [0, 0.05) is 3.92 Å². The summed E-state index contributed by atoms with van der Waals surface area (Å²) in [4.78, 5) is 0. The first-order valence-electron chi connectivity index (χ1n) is 11.6. The van der Waals surface area contributed by atoms with Crippen molar-refractivity contribution in [3.63, 3.8) is 0 Å². The lowest BCUT2D eigenvalue weighted by Crippen LogP contribution is -2.39. The molecule has 0 bridgehead atoms. The van der Waals surface area contributed by atoms with Gasteiger partial charge in [-0.15, -0.1) is 0 Å². The summed E-state index contributed by atoms with van der Waals surface area (Å²) in [5.41, 5.74) is 1.94. The molecule has 0 N–H and O–H groups in total. The summed E-state index contributed by atoms with van der Waals surface area (Å²) in [6.45, 7) is 0. The van der Waals surface area contributed by atoms with Gasteiger partial charge in [0.25, 0.3) is 0 Å². The average molecular weight is 452 g/mol. The smallest absolute Gasteiger partial charge is 0.0112 e. The highest BCUT2D eigenvalue weighted by molar-refractivity contribution is 14.1. The normalized spacial score (nSPS) is 50.2. The van der Waals surface area contributed by atoms with Crippen LogP contribution in [-0.2, 0) is 0 Å². The molecule has 5 aliphatic carbocycles. The van der Waals surface area contributed by atoms with E-state index >= 15 is 0 Å². The minimum atomic E-state index is 0.982. The van der Waals surface area contributed by atoms with Crippen molar-refractivity contribution < 1.29 is 0 Å². The lowest BCUT2D eigenvalue weighted by atomic mass is 9.56. The van der Waals surface area contributed by atoms with Crippen LogP contribution >= 0.6 is 22.6 Å². The Morgan fingerprint density at radius 2 is 1.44 bits per heavy atom. The number of halogens is 1. The standard InChI is InChI=1S/C24H37I/c25-22-11-9-18-13-17(6-7-20(18)15-22)19-10-12-24-21(14-19)8-5-16-3-1-2-4-23(16)24/h10,16-18,20-24H,1-9,11-15H2. The molecule has 0 aromatic rings. The van der Waals surface area contributed by atoms with Crippen LogP contribution in [0.1, 0.15) is 89.9 Å². The van der Waals surface area contributed by atoms with Gasteiger partial charge in [-0.3, -0.25) is 0 Å². The number of allylic oxidation sites excluding steroid dienone is 2. The number of hydrogen-bond donors (Lipinski definition) is 0. The van der Waals surface area contributed by atoms with Crippen LogP contribution in [0.2, 0.25) is 0 Å². The molecule has 0 nitrogen and oxygen atoms in total. The molecular formula is C24H37I. The van der Waals surface area contributed by atoms with E-state index in [0.717, 1.165) is 45.3 Å². The van der Waals surface area contributed by atoms with E-state index in [9.17, 15) is 0 Å². The van der Waals surface area contributed by atoms with Gasteiger partial charge in [0.1, 0.15) is 0 Å². The summed E-state index contributed by atoms with van der Waals surface area (Å²) in [7, 11) is 0. The molecule has 0 amide bonds. The maximum Gasteiger partial charge on any atom is 0.0112 e. The van der Waals surface area contributed by atoms with E-state index < -0.39 is 0 Å². The molecule has 0 spiro atoms. The zero-order chi connectivity index (χ0) is 16.8. The van der Waals surface area contributed by atoms with Crippen molar-refractivity contribution in [1.82, 2.24) is 0 Å². The number of alkyl halides is 1. The van der Waals surface area contributed by atoms with Gasteiger partial charge in [-0.1, -0.05) is 53.5 Å². The molecule has 8 unspecified atom stereocenters. The number of hydrogen-bond acceptors (Lipinski definition) is 0. The molecule has 0 saturated heterocycles. The Labute approximate surface area is 169 Å². The molecular weight excluding hydrogens is 415 g/mol. The summed E-state index contributed by atoms with van der Waals surface area (Å²) in [5.74, 6) is 7.52. The molecule has 0 aliphatic heterocycles. The fraction of sp³-hybridized carbons (Fsp3) is 0.917. The van der Waals surface area contributed by atoms with Crippen molar-refractivity contribution in [3.8, 4) is 0 Å². The molecule has 8 atom stereocenters. The molecule has 5 rings (SSSR count).